The molecule has 1 fully saturated rings. The van der Waals surface area contributed by atoms with Gasteiger partial charge in [0.05, 0.1) is 0 Å². The topological polar surface area (TPSA) is 92.9 Å². The van der Waals surface area contributed by atoms with Crippen LogP contribution in [0, 0.1) is 5.92 Å². The lowest BCUT2D eigenvalue weighted by Gasteiger charge is -2.17. The van der Waals surface area contributed by atoms with E-state index in [1.165, 1.54) is 17.3 Å². The molecule has 1 aliphatic carbocycles. The number of aromatic nitrogens is 4. The van der Waals surface area contributed by atoms with Crippen molar-refractivity contribution in [2.24, 2.45) is 5.92 Å². The summed E-state index contributed by atoms with van der Waals surface area (Å²) >= 11 is 0. The predicted molar refractivity (Wildman–Crippen MR) is 74.8 cm³/mol. The Bertz CT molecular complexity index is 610. The van der Waals surface area contributed by atoms with Crippen LogP contribution in [0.1, 0.15) is 29.6 Å². The lowest BCUT2D eigenvalue weighted by molar-refractivity contribution is 0.0924. The van der Waals surface area contributed by atoms with Crippen LogP contribution in [0.2, 0.25) is 0 Å². The first kappa shape index (κ1) is 13.7. The van der Waals surface area contributed by atoms with Crippen LogP contribution >= 0.6 is 0 Å². The van der Waals surface area contributed by atoms with Crippen molar-refractivity contribution in [2.45, 2.75) is 25.3 Å². The minimum Gasteiger partial charge on any atom is -0.396 e. The molecule has 7 nitrogen and oxygen atoms in total. The first-order chi connectivity index (χ1) is 10.3. The monoisotopic (exact) mass is 287 g/mol. The van der Waals surface area contributed by atoms with Gasteiger partial charge in [-0.25, -0.2) is 14.6 Å². The fraction of sp³-hybridized carbons (Fsp3) is 0.429. The van der Waals surface area contributed by atoms with Crippen LogP contribution in [0.5, 0.6) is 0 Å². The Morgan fingerprint density at radius 1 is 1.52 bits per heavy atom. The molecule has 1 atom stereocenters. The van der Waals surface area contributed by atoms with Crippen molar-refractivity contribution in [2.75, 3.05) is 6.61 Å². The fourth-order valence-electron chi connectivity index (χ4n) is 2.33. The number of nitrogens with zero attached hydrogens (tertiary/aromatic N) is 4. The van der Waals surface area contributed by atoms with Crippen molar-refractivity contribution < 1.29 is 9.90 Å². The quantitative estimate of drug-likeness (QED) is 0.809. The minimum absolute atomic E-state index is 0.0467. The molecule has 2 aromatic rings. The van der Waals surface area contributed by atoms with Gasteiger partial charge in [-0.1, -0.05) is 0 Å². The summed E-state index contributed by atoms with van der Waals surface area (Å²) in [4.78, 5) is 20.3. The molecular formula is C14H17N5O2. The maximum Gasteiger partial charge on any atom is 0.251 e. The number of rotatable bonds is 6. The van der Waals surface area contributed by atoms with Gasteiger partial charge in [0.25, 0.3) is 5.91 Å². The van der Waals surface area contributed by atoms with Gasteiger partial charge >= 0.3 is 0 Å². The maximum absolute atomic E-state index is 12.3. The molecule has 1 aliphatic rings. The van der Waals surface area contributed by atoms with E-state index < -0.39 is 0 Å². The van der Waals surface area contributed by atoms with Crippen LogP contribution in [-0.4, -0.2) is 43.4 Å². The third-order valence-electron chi connectivity index (χ3n) is 3.61. The van der Waals surface area contributed by atoms with Gasteiger partial charge in [0.1, 0.15) is 12.7 Å². The van der Waals surface area contributed by atoms with Crippen LogP contribution in [-0.2, 0) is 0 Å². The van der Waals surface area contributed by atoms with E-state index >= 15 is 0 Å². The summed E-state index contributed by atoms with van der Waals surface area (Å²) in [6, 6.07) is 3.39. The summed E-state index contributed by atoms with van der Waals surface area (Å²) in [6.07, 6.45) is 7.35. The molecule has 3 rings (SSSR count). The average molecular weight is 287 g/mol. The van der Waals surface area contributed by atoms with Gasteiger partial charge in [-0.15, -0.1) is 0 Å². The average Bonchev–Trinajstić information content (AvgIpc) is 3.21. The van der Waals surface area contributed by atoms with Gasteiger partial charge in [-0.2, -0.15) is 5.10 Å². The summed E-state index contributed by atoms with van der Waals surface area (Å²) in [5.74, 6) is 0.895. The van der Waals surface area contributed by atoms with E-state index in [-0.39, 0.29) is 18.6 Å². The summed E-state index contributed by atoms with van der Waals surface area (Å²) in [7, 11) is 0. The second-order valence-electron chi connectivity index (χ2n) is 5.17. The number of aliphatic hydroxyl groups excluding tert-OH is 1. The highest BCUT2D eigenvalue weighted by atomic mass is 16.3. The molecule has 1 amide bonds. The maximum atomic E-state index is 12.3. The number of carbonyl (C=O) groups excluding carboxylic acids is 1. The van der Waals surface area contributed by atoms with Crippen molar-refractivity contribution in [3.8, 4) is 5.82 Å². The van der Waals surface area contributed by atoms with E-state index in [4.69, 9.17) is 5.11 Å². The zero-order valence-corrected chi connectivity index (χ0v) is 11.5. The zero-order valence-electron chi connectivity index (χ0n) is 11.5. The molecule has 21 heavy (non-hydrogen) atoms. The first-order valence-corrected chi connectivity index (χ1v) is 7.00. The van der Waals surface area contributed by atoms with Gasteiger partial charge in [0, 0.05) is 24.4 Å². The Hall–Kier alpha value is -2.28. The molecule has 0 aromatic carbocycles. The largest absolute Gasteiger partial charge is 0.396 e. The first-order valence-electron chi connectivity index (χ1n) is 7.00. The molecular weight excluding hydrogens is 270 g/mol. The van der Waals surface area contributed by atoms with Crippen LogP contribution in [0.15, 0.2) is 31.0 Å². The lowest BCUT2D eigenvalue weighted by atomic mass is 10.1. The predicted octanol–water partition coefficient (Wildman–Crippen LogP) is 0.553. The van der Waals surface area contributed by atoms with Gasteiger partial charge in [-0.05, 0) is 37.3 Å². The zero-order chi connectivity index (χ0) is 14.7. The Balaban J connectivity index is 1.73. The highest BCUT2D eigenvalue weighted by Crippen LogP contribution is 2.34. The van der Waals surface area contributed by atoms with Gasteiger partial charge < -0.3 is 10.4 Å². The molecule has 110 valence electrons. The smallest absolute Gasteiger partial charge is 0.251 e. The van der Waals surface area contributed by atoms with Crippen molar-refractivity contribution in [3.63, 3.8) is 0 Å². The molecule has 2 N–H and O–H groups in total. The highest BCUT2D eigenvalue weighted by molar-refractivity contribution is 5.94. The molecule has 2 heterocycles. The fourth-order valence-corrected chi connectivity index (χ4v) is 2.33. The van der Waals surface area contributed by atoms with Crippen LogP contribution in [0.25, 0.3) is 5.82 Å². The third-order valence-corrected chi connectivity index (χ3v) is 3.61. The number of carbonyl (C=O) groups is 1. The van der Waals surface area contributed by atoms with Crippen molar-refractivity contribution in [3.05, 3.63) is 36.5 Å². The van der Waals surface area contributed by atoms with Gasteiger partial charge in [0.2, 0.25) is 0 Å². The Labute approximate surface area is 122 Å². The van der Waals surface area contributed by atoms with E-state index in [1.807, 2.05) is 0 Å². The normalized spacial score (nSPS) is 15.7. The number of amides is 1. The Morgan fingerprint density at radius 3 is 3.05 bits per heavy atom. The molecule has 0 aliphatic heterocycles. The Morgan fingerprint density at radius 2 is 2.38 bits per heavy atom. The molecule has 7 heteroatoms. The third kappa shape index (κ3) is 3.25. The molecule has 0 radical (unpaired) electrons. The number of hydrogen-bond donors (Lipinski definition) is 2. The molecule has 0 bridgehead atoms. The molecule has 0 spiro atoms. The molecule has 1 unspecified atom stereocenters. The SMILES string of the molecule is O=C(NC(CCO)C1CC1)c1ccnc(-n2cncn2)c1. The standard InChI is InChI=1S/C14H17N5O2/c20-6-4-12(10-1-2-10)18-14(21)11-3-5-16-13(7-11)19-9-15-8-17-19/h3,5,7-10,12,20H,1-2,4,6H2,(H,18,21). The second-order valence-corrected chi connectivity index (χ2v) is 5.17. The Kier molecular flexibility index (Phi) is 3.92. The summed E-state index contributed by atoms with van der Waals surface area (Å²) in [5.41, 5.74) is 0.527. The molecule has 0 saturated heterocycles. The van der Waals surface area contributed by atoms with Crippen molar-refractivity contribution in [1.29, 1.82) is 0 Å². The van der Waals surface area contributed by atoms with Gasteiger partial charge in [-0.3, -0.25) is 4.79 Å². The number of nitrogens with one attached hydrogen (secondary N) is 1. The van der Waals surface area contributed by atoms with E-state index in [0.29, 0.717) is 23.7 Å². The molecule has 2 aromatic heterocycles. The second kappa shape index (κ2) is 6.01. The van der Waals surface area contributed by atoms with Crippen LogP contribution < -0.4 is 5.32 Å². The summed E-state index contributed by atoms with van der Waals surface area (Å²) in [5, 5.41) is 16.1. The lowest BCUT2D eigenvalue weighted by Crippen LogP contribution is -2.37. The van der Waals surface area contributed by atoms with E-state index in [1.54, 1.807) is 18.3 Å². The number of aliphatic hydroxyl groups is 1. The summed E-state index contributed by atoms with van der Waals surface area (Å²) in [6.45, 7) is 0.0853. The molecule has 1 saturated carbocycles. The number of hydrogen-bond acceptors (Lipinski definition) is 5. The summed E-state index contributed by atoms with van der Waals surface area (Å²) < 4.78 is 1.50. The van der Waals surface area contributed by atoms with E-state index in [2.05, 4.69) is 20.4 Å². The van der Waals surface area contributed by atoms with E-state index in [0.717, 1.165) is 12.8 Å². The minimum atomic E-state index is -0.149. The van der Waals surface area contributed by atoms with Crippen LogP contribution in [0.4, 0.5) is 0 Å². The highest BCUT2D eigenvalue weighted by Gasteiger charge is 2.31. The van der Waals surface area contributed by atoms with E-state index in [9.17, 15) is 4.79 Å². The van der Waals surface area contributed by atoms with Gasteiger partial charge in [0.15, 0.2) is 5.82 Å². The van der Waals surface area contributed by atoms with Crippen LogP contribution in [0.3, 0.4) is 0 Å². The van der Waals surface area contributed by atoms with Crippen molar-refractivity contribution >= 4 is 5.91 Å². The van der Waals surface area contributed by atoms with Crippen molar-refractivity contribution in [1.82, 2.24) is 25.1 Å². The number of pyridine rings is 1.